The normalized spacial score (nSPS) is 18.7. The number of hydrogen-bond donors (Lipinski definition) is 4. The number of pyridine rings is 1. The molecule has 3 atom stereocenters. The third-order valence-electron chi connectivity index (χ3n) is 6.98. The first-order valence-electron chi connectivity index (χ1n) is 13.9. The van der Waals surface area contributed by atoms with E-state index in [2.05, 4.69) is 22.2 Å². The molecule has 3 aromatic rings. The zero-order valence-electron chi connectivity index (χ0n) is 23.2. The van der Waals surface area contributed by atoms with Crippen molar-refractivity contribution in [3.8, 4) is 0 Å². The molecule has 1 aliphatic heterocycles. The second kappa shape index (κ2) is 15.4. The minimum absolute atomic E-state index is 0.0195. The summed E-state index contributed by atoms with van der Waals surface area (Å²) in [7, 11) is 2.07. The number of hydrogen-bond acceptors (Lipinski definition) is 8. The SMILES string of the molecule is CN(CCc1ccccn1)CC1CC(c2ccc(CO)cc2)OC(c2cccc(NC(=O)CCCC(=O)NO)c2)O1. The highest BCUT2D eigenvalue weighted by atomic mass is 16.7. The monoisotopic (exact) mass is 562 g/mol. The molecule has 41 heavy (non-hydrogen) atoms. The topological polar surface area (TPSA) is 133 Å². The molecule has 4 rings (SSSR count). The van der Waals surface area contributed by atoms with Gasteiger partial charge in [0.15, 0.2) is 6.29 Å². The fourth-order valence-corrected chi connectivity index (χ4v) is 4.78. The van der Waals surface area contributed by atoms with Crippen molar-refractivity contribution in [3.63, 3.8) is 0 Å². The minimum atomic E-state index is -0.648. The van der Waals surface area contributed by atoms with Crippen LogP contribution < -0.4 is 10.8 Å². The number of hydroxylamine groups is 1. The van der Waals surface area contributed by atoms with Crippen molar-refractivity contribution in [3.05, 3.63) is 95.3 Å². The molecule has 0 bridgehead atoms. The molecule has 10 nitrogen and oxygen atoms in total. The molecule has 0 spiro atoms. The number of nitrogens with zero attached hydrogens (tertiary/aromatic N) is 2. The summed E-state index contributed by atoms with van der Waals surface area (Å²) in [4.78, 5) is 30.2. The molecule has 2 amide bonds. The zero-order chi connectivity index (χ0) is 29.0. The Labute approximate surface area is 240 Å². The van der Waals surface area contributed by atoms with Crippen LogP contribution in [0.5, 0.6) is 0 Å². The van der Waals surface area contributed by atoms with E-state index in [1.807, 2.05) is 60.7 Å². The Bertz CT molecular complexity index is 1260. The van der Waals surface area contributed by atoms with Crippen LogP contribution in [0.1, 0.15) is 60.5 Å². The lowest BCUT2D eigenvalue weighted by Gasteiger charge is -2.38. The first-order chi connectivity index (χ1) is 19.9. The van der Waals surface area contributed by atoms with Gasteiger partial charge in [0.2, 0.25) is 11.8 Å². The molecular formula is C31H38N4O6. The summed E-state index contributed by atoms with van der Waals surface area (Å²) in [6.45, 7) is 1.52. The van der Waals surface area contributed by atoms with E-state index < -0.39 is 12.2 Å². The quantitative estimate of drug-likeness (QED) is 0.182. The maximum Gasteiger partial charge on any atom is 0.243 e. The van der Waals surface area contributed by atoms with Crippen LogP contribution in [0.4, 0.5) is 5.69 Å². The second-order valence-corrected chi connectivity index (χ2v) is 10.2. The molecule has 218 valence electrons. The molecule has 2 aromatic carbocycles. The first-order valence-corrected chi connectivity index (χ1v) is 13.9. The summed E-state index contributed by atoms with van der Waals surface area (Å²) in [5.74, 6) is -0.753. The van der Waals surface area contributed by atoms with E-state index in [4.69, 9.17) is 14.7 Å². The molecule has 1 fully saturated rings. The molecule has 3 unspecified atom stereocenters. The Hall–Kier alpha value is -3.67. The van der Waals surface area contributed by atoms with E-state index >= 15 is 0 Å². The largest absolute Gasteiger partial charge is 0.392 e. The lowest BCUT2D eigenvalue weighted by Crippen LogP contribution is -2.38. The van der Waals surface area contributed by atoms with Crippen LogP contribution >= 0.6 is 0 Å². The number of aliphatic hydroxyl groups is 1. The predicted molar refractivity (Wildman–Crippen MR) is 153 cm³/mol. The molecular weight excluding hydrogens is 524 g/mol. The Morgan fingerprint density at radius 1 is 1.00 bits per heavy atom. The molecule has 1 saturated heterocycles. The standard InChI is InChI=1S/C31H38N4O6/c1-35(17-15-25-7-2-3-16-32-25)20-27-19-28(23-13-11-22(21-36)12-14-23)41-31(40-27)24-6-4-8-26(18-24)33-29(37)9-5-10-30(38)34-39/h2-4,6-8,11-14,16,18,27-28,31,36,39H,5,9-10,15,17,19-21H2,1H3,(H,33,37)(H,34,38). The van der Waals surface area contributed by atoms with E-state index in [1.54, 1.807) is 17.7 Å². The van der Waals surface area contributed by atoms with E-state index in [0.29, 0.717) is 25.1 Å². The molecule has 1 aromatic heterocycles. The van der Waals surface area contributed by atoms with Crippen molar-refractivity contribution < 1.29 is 29.4 Å². The molecule has 4 N–H and O–H groups in total. The lowest BCUT2D eigenvalue weighted by molar-refractivity contribution is -0.252. The van der Waals surface area contributed by atoms with Crippen LogP contribution in [0.2, 0.25) is 0 Å². The minimum Gasteiger partial charge on any atom is -0.392 e. The van der Waals surface area contributed by atoms with Gasteiger partial charge in [0.1, 0.15) is 0 Å². The van der Waals surface area contributed by atoms with Crippen molar-refractivity contribution in [1.29, 1.82) is 0 Å². The highest BCUT2D eigenvalue weighted by molar-refractivity contribution is 5.91. The maximum absolute atomic E-state index is 12.4. The van der Waals surface area contributed by atoms with Crippen LogP contribution in [0.25, 0.3) is 0 Å². The average Bonchev–Trinajstić information content (AvgIpc) is 3.00. The van der Waals surface area contributed by atoms with Gasteiger partial charge in [-0.3, -0.25) is 19.8 Å². The molecule has 1 aliphatic rings. The number of likely N-dealkylation sites (N-methyl/N-ethyl adjacent to an activating group) is 1. The second-order valence-electron chi connectivity index (χ2n) is 10.2. The molecule has 0 saturated carbocycles. The summed E-state index contributed by atoms with van der Waals surface area (Å²) < 4.78 is 12.9. The van der Waals surface area contributed by atoms with Gasteiger partial charge in [-0.2, -0.15) is 0 Å². The van der Waals surface area contributed by atoms with Crippen LogP contribution in [0, 0.1) is 0 Å². The summed E-state index contributed by atoms with van der Waals surface area (Å²) >= 11 is 0. The summed E-state index contributed by atoms with van der Waals surface area (Å²) in [6.07, 6.45) is 2.86. The first kappa shape index (κ1) is 30.3. The van der Waals surface area contributed by atoms with Crippen LogP contribution in [-0.4, -0.2) is 58.3 Å². The summed E-state index contributed by atoms with van der Waals surface area (Å²) in [6, 6.07) is 21.1. The van der Waals surface area contributed by atoms with Crippen LogP contribution in [0.3, 0.4) is 0 Å². The maximum atomic E-state index is 12.4. The number of aromatic nitrogens is 1. The van der Waals surface area contributed by atoms with Gasteiger partial charge >= 0.3 is 0 Å². The number of carbonyl (C=O) groups excluding carboxylic acids is 2. The van der Waals surface area contributed by atoms with Crippen LogP contribution in [-0.2, 0) is 32.1 Å². The third kappa shape index (κ3) is 9.44. The predicted octanol–water partition coefficient (Wildman–Crippen LogP) is 3.91. The van der Waals surface area contributed by atoms with Gasteiger partial charge in [-0.1, -0.05) is 42.5 Å². The van der Waals surface area contributed by atoms with Crippen molar-refractivity contribution in [1.82, 2.24) is 15.4 Å². The Balaban J connectivity index is 1.44. The third-order valence-corrected chi connectivity index (χ3v) is 6.98. The number of carbonyl (C=O) groups is 2. The number of amides is 2. The highest BCUT2D eigenvalue weighted by Crippen LogP contribution is 2.38. The van der Waals surface area contributed by atoms with E-state index in [1.165, 1.54) is 0 Å². The number of ether oxygens (including phenoxy) is 2. The van der Waals surface area contributed by atoms with E-state index in [-0.39, 0.29) is 37.6 Å². The fraction of sp³-hybridized carbons (Fsp3) is 0.387. The van der Waals surface area contributed by atoms with Gasteiger partial charge < -0.3 is 24.8 Å². The number of nitrogens with one attached hydrogen (secondary N) is 2. The van der Waals surface area contributed by atoms with Crippen LogP contribution in [0.15, 0.2) is 72.9 Å². The number of rotatable bonds is 13. The van der Waals surface area contributed by atoms with Crippen molar-refractivity contribution in [2.75, 3.05) is 25.5 Å². The summed E-state index contributed by atoms with van der Waals surface area (Å²) in [5.41, 5.74) is 5.84. The van der Waals surface area contributed by atoms with Gasteiger partial charge in [0.05, 0.1) is 18.8 Å². The Morgan fingerprint density at radius 2 is 1.80 bits per heavy atom. The lowest BCUT2D eigenvalue weighted by atomic mass is 9.99. The van der Waals surface area contributed by atoms with E-state index in [0.717, 1.165) is 35.3 Å². The van der Waals surface area contributed by atoms with Gasteiger partial charge in [-0.05, 0) is 48.9 Å². The molecule has 0 radical (unpaired) electrons. The molecule has 2 heterocycles. The number of benzene rings is 2. The van der Waals surface area contributed by atoms with Gasteiger partial charge in [0.25, 0.3) is 0 Å². The Morgan fingerprint density at radius 3 is 2.54 bits per heavy atom. The fourth-order valence-electron chi connectivity index (χ4n) is 4.78. The van der Waals surface area contributed by atoms with Crippen molar-refractivity contribution in [2.24, 2.45) is 0 Å². The van der Waals surface area contributed by atoms with E-state index in [9.17, 15) is 14.7 Å². The van der Waals surface area contributed by atoms with Crippen molar-refractivity contribution >= 4 is 17.5 Å². The van der Waals surface area contributed by atoms with Gasteiger partial charge in [-0.25, -0.2) is 5.48 Å². The molecule has 0 aliphatic carbocycles. The van der Waals surface area contributed by atoms with Gasteiger partial charge in [-0.15, -0.1) is 0 Å². The number of anilines is 1. The molecule has 10 heteroatoms. The number of aliphatic hydroxyl groups excluding tert-OH is 1. The van der Waals surface area contributed by atoms with Crippen molar-refractivity contribution in [2.45, 2.75) is 57.2 Å². The highest BCUT2D eigenvalue weighted by Gasteiger charge is 2.33. The zero-order valence-corrected chi connectivity index (χ0v) is 23.2. The average molecular weight is 563 g/mol. The smallest absolute Gasteiger partial charge is 0.243 e. The summed E-state index contributed by atoms with van der Waals surface area (Å²) in [5, 5.41) is 20.9. The van der Waals surface area contributed by atoms with Gasteiger partial charge in [0, 0.05) is 61.9 Å². The Kier molecular flexibility index (Phi) is 11.4.